The maximum absolute atomic E-state index is 11.4. The molecule has 0 saturated carbocycles. The minimum absolute atomic E-state index is 0.355. The molecule has 2 heterocycles. The van der Waals surface area contributed by atoms with Gasteiger partial charge in [0.05, 0.1) is 12.1 Å². The number of esters is 1. The van der Waals surface area contributed by atoms with Crippen LogP contribution in [0.3, 0.4) is 0 Å². The number of rotatable bonds is 3. The van der Waals surface area contributed by atoms with Gasteiger partial charge in [-0.25, -0.2) is 4.79 Å². The van der Waals surface area contributed by atoms with E-state index in [1.54, 1.807) is 25.3 Å². The van der Waals surface area contributed by atoms with Gasteiger partial charge in [0.15, 0.2) is 5.58 Å². The monoisotopic (exact) mass is 205 g/mol. The fraction of sp³-hybridized carbons (Fsp3) is 0.182. The Bertz CT molecular complexity index is 507. The molecular formula is C11H11NO3. The van der Waals surface area contributed by atoms with Crippen molar-refractivity contribution in [3.8, 4) is 0 Å². The summed E-state index contributed by atoms with van der Waals surface area (Å²) >= 11 is 0. The molecule has 0 aliphatic heterocycles. The van der Waals surface area contributed by atoms with Crippen LogP contribution in [0.15, 0.2) is 23.3 Å². The number of H-pyrrole nitrogens is 1. The zero-order chi connectivity index (χ0) is 10.8. The average Bonchev–Trinajstić information content (AvgIpc) is 2.76. The van der Waals surface area contributed by atoms with E-state index in [1.165, 1.54) is 0 Å². The smallest absolute Gasteiger partial charge is 0.354 e. The highest BCUT2D eigenvalue weighted by Gasteiger charge is 2.13. The van der Waals surface area contributed by atoms with E-state index in [-0.39, 0.29) is 5.97 Å². The van der Waals surface area contributed by atoms with Crippen LogP contribution in [-0.2, 0) is 4.74 Å². The third-order valence-corrected chi connectivity index (χ3v) is 2.10. The van der Waals surface area contributed by atoms with Crippen LogP contribution in [0, 0.1) is 0 Å². The van der Waals surface area contributed by atoms with Crippen LogP contribution in [0.4, 0.5) is 0 Å². The van der Waals surface area contributed by atoms with Gasteiger partial charge in [0.2, 0.25) is 0 Å². The van der Waals surface area contributed by atoms with Crippen molar-refractivity contribution >= 4 is 23.1 Å². The minimum Gasteiger partial charge on any atom is -0.462 e. The summed E-state index contributed by atoms with van der Waals surface area (Å²) < 4.78 is 10.1. The number of ether oxygens (including phenoxy) is 1. The van der Waals surface area contributed by atoms with Gasteiger partial charge in [-0.1, -0.05) is 12.7 Å². The zero-order valence-corrected chi connectivity index (χ0v) is 8.37. The van der Waals surface area contributed by atoms with Crippen molar-refractivity contribution in [2.45, 2.75) is 6.92 Å². The molecule has 0 radical (unpaired) electrons. The lowest BCUT2D eigenvalue weighted by Crippen LogP contribution is -2.04. The van der Waals surface area contributed by atoms with Gasteiger partial charge in [0.25, 0.3) is 0 Å². The van der Waals surface area contributed by atoms with Crippen molar-refractivity contribution in [3.05, 3.63) is 30.2 Å². The Morgan fingerprint density at radius 3 is 3.20 bits per heavy atom. The molecular weight excluding hydrogens is 194 g/mol. The Morgan fingerprint density at radius 1 is 1.73 bits per heavy atom. The Morgan fingerprint density at radius 2 is 2.53 bits per heavy atom. The van der Waals surface area contributed by atoms with Gasteiger partial charge >= 0.3 is 5.97 Å². The molecule has 2 aromatic heterocycles. The SMILES string of the molecule is C=Cc1coc2cc(C(=O)OCC)[nH]c12. The number of furan rings is 1. The number of aromatic amines is 1. The van der Waals surface area contributed by atoms with Crippen molar-refractivity contribution < 1.29 is 13.9 Å². The van der Waals surface area contributed by atoms with Gasteiger partial charge in [0.1, 0.15) is 12.0 Å². The van der Waals surface area contributed by atoms with Crippen LogP contribution >= 0.6 is 0 Å². The summed E-state index contributed by atoms with van der Waals surface area (Å²) in [7, 11) is 0. The first-order chi connectivity index (χ1) is 7.26. The van der Waals surface area contributed by atoms with Crippen molar-refractivity contribution in [1.29, 1.82) is 0 Å². The van der Waals surface area contributed by atoms with Gasteiger partial charge in [0, 0.05) is 11.6 Å². The summed E-state index contributed by atoms with van der Waals surface area (Å²) in [4.78, 5) is 14.3. The van der Waals surface area contributed by atoms with Crippen LogP contribution in [-0.4, -0.2) is 17.6 Å². The zero-order valence-electron chi connectivity index (χ0n) is 8.37. The van der Waals surface area contributed by atoms with Gasteiger partial charge < -0.3 is 14.1 Å². The molecule has 0 atom stereocenters. The number of hydrogen-bond donors (Lipinski definition) is 1. The second-order valence-corrected chi connectivity index (χ2v) is 3.04. The lowest BCUT2D eigenvalue weighted by molar-refractivity contribution is 0.0520. The van der Waals surface area contributed by atoms with E-state index in [1.807, 2.05) is 0 Å². The second-order valence-electron chi connectivity index (χ2n) is 3.04. The van der Waals surface area contributed by atoms with E-state index in [9.17, 15) is 4.79 Å². The largest absolute Gasteiger partial charge is 0.462 e. The van der Waals surface area contributed by atoms with Gasteiger partial charge in [-0.15, -0.1) is 0 Å². The first-order valence-electron chi connectivity index (χ1n) is 4.66. The second kappa shape index (κ2) is 3.65. The van der Waals surface area contributed by atoms with Crippen molar-refractivity contribution in [3.63, 3.8) is 0 Å². The van der Waals surface area contributed by atoms with Crippen LogP contribution < -0.4 is 0 Å². The molecule has 0 amide bonds. The number of carbonyl (C=O) groups is 1. The first-order valence-corrected chi connectivity index (χ1v) is 4.66. The molecule has 2 rings (SSSR count). The molecule has 0 fully saturated rings. The lowest BCUT2D eigenvalue weighted by Gasteiger charge is -1.96. The summed E-state index contributed by atoms with van der Waals surface area (Å²) in [6, 6.07) is 1.63. The average molecular weight is 205 g/mol. The normalized spacial score (nSPS) is 10.5. The molecule has 2 aromatic rings. The number of carbonyl (C=O) groups excluding carboxylic acids is 1. The number of aromatic nitrogens is 1. The van der Waals surface area contributed by atoms with Crippen LogP contribution in [0.5, 0.6) is 0 Å². The Balaban J connectivity index is 2.43. The Hall–Kier alpha value is -1.97. The highest BCUT2D eigenvalue weighted by atomic mass is 16.5. The molecule has 78 valence electrons. The summed E-state index contributed by atoms with van der Waals surface area (Å²) in [6.07, 6.45) is 3.25. The standard InChI is InChI=1S/C11H11NO3/c1-3-7-6-15-9-5-8(12-10(7)9)11(13)14-4-2/h3,5-6,12H,1,4H2,2H3. The van der Waals surface area contributed by atoms with E-state index >= 15 is 0 Å². The summed E-state index contributed by atoms with van der Waals surface area (Å²) in [5.74, 6) is -0.376. The van der Waals surface area contributed by atoms with E-state index in [4.69, 9.17) is 9.15 Å². The molecule has 15 heavy (non-hydrogen) atoms. The predicted octanol–water partition coefficient (Wildman–Crippen LogP) is 2.58. The van der Waals surface area contributed by atoms with Gasteiger partial charge in [-0.2, -0.15) is 0 Å². The maximum atomic E-state index is 11.4. The summed E-state index contributed by atoms with van der Waals surface area (Å²) in [5, 5.41) is 0. The van der Waals surface area contributed by atoms with E-state index < -0.39 is 0 Å². The molecule has 0 saturated heterocycles. The molecule has 4 nitrogen and oxygen atoms in total. The first kappa shape index (κ1) is 9.58. The van der Waals surface area contributed by atoms with E-state index in [2.05, 4.69) is 11.6 Å². The summed E-state index contributed by atoms with van der Waals surface area (Å²) in [5.41, 5.74) is 2.64. The fourth-order valence-corrected chi connectivity index (χ4v) is 1.40. The van der Waals surface area contributed by atoms with Gasteiger partial charge in [-0.05, 0) is 6.92 Å². The van der Waals surface area contributed by atoms with Crippen molar-refractivity contribution in [2.24, 2.45) is 0 Å². The highest BCUT2D eigenvalue weighted by Crippen LogP contribution is 2.22. The van der Waals surface area contributed by atoms with Crippen molar-refractivity contribution in [1.82, 2.24) is 4.98 Å². The quantitative estimate of drug-likeness (QED) is 0.783. The molecule has 0 spiro atoms. The topological polar surface area (TPSA) is 55.2 Å². The number of fused-ring (bicyclic) bond motifs is 1. The predicted molar refractivity (Wildman–Crippen MR) is 56.6 cm³/mol. The third kappa shape index (κ3) is 1.54. The molecule has 0 bridgehead atoms. The molecule has 0 unspecified atom stereocenters. The summed E-state index contributed by atoms with van der Waals surface area (Å²) in [6.45, 7) is 5.77. The fourth-order valence-electron chi connectivity index (χ4n) is 1.40. The Labute approximate surface area is 86.5 Å². The molecule has 0 aliphatic carbocycles. The highest BCUT2D eigenvalue weighted by molar-refractivity contribution is 5.95. The van der Waals surface area contributed by atoms with E-state index in [0.29, 0.717) is 17.9 Å². The minimum atomic E-state index is -0.376. The molecule has 0 aliphatic rings. The molecule has 1 N–H and O–H groups in total. The van der Waals surface area contributed by atoms with Crippen LogP contribution in [0.2, 0.25) is 0 Å². The number of nitrogens with one attached hydrogen (secondary N) is 1. The maximum Gasteiger partial charge on any atom is 0.354 e. The lowest BCUT2D eigenvalue weighted by atomic mass is 10.3. The molecule has 4 heteroatoms. The van der Waals surface area contributed by atoms with Crippen LogP contribution in [0.1, 0.15) is 23.0 Å². The van der Waals surface area contributed by atoms with Crippen molar-refractivity contribution in [2.75, 3.05) is 6.61 Å². The van der Waals surface area contributed by atoms with Crippen LogP contribution in [0.25, 0.3) is 17.2 Å². The third-order valence-electron chi connectivity index (χ3n) is 2.10. The van der Waals surface area contributed by atoms with E-state index in [0.717, 1.165) is 11.1 Å². The Kier molecular flexibility index (Phi) is 2.33. The van der Waals surface area contributed by atoms with Gasteiger partial charge in [-0.3, -0.25) is 0 Å². The molecule has 0 aromatic carbocycles. The number of hydrogen-bond acceptors (Lipinski definition) is 3.